The number of rotatable bonds is 4. The molecule has 1 aromatic heterocycles. The van der Waals surface area contributed by atoms with Crippen molar-refractivity contribution >= 4 is 16.0 Å². The number of nitrogens with zero attached hydrogens (tertiary/aromatic N) is 2. The maximum Gasteiger partial charge on any atom is 0.324 e. The van der Waals surface area contributed by atoms with E-state index >= 15 is 0 Å². The van der Waals surface area contributed by atoms with Gasteiger partial charge in [-0.15, -0.1) is 0 Å². The lowest BCUT2D eigenvalue weighted by Gasteiger charge is -2.19. The van der Waals surface area contributed by atoms with Crippen LogP contribution in [0.4, 0.5) is 0 Å². The number of imidazole rings is 1. The molecule has 1 heterocycles. The van der Waals surface area contributed by atoms with Crippen LogP contribution >= 0.6 is 0 Å². The molecule has 96 valence electrons. The van der Waals surface area contributed by atoms with Crippen LogP contribution in [-0.4, -0.2) is 34.6 Å². The van der Waals surface area contributed by atoms with Crippen molar-refractivity contribution in [2.45, 2.75) is 31.3 Å². The van der Waals surface area contributed by atoms with Crippen LogP contribution in [0.15, 0.2) is 11.2 Å². The smallest absolute Gasteiger partial charge is 0.324 e. The first kappa shape index (κ1) is 13.7. The van der Waals surface area contributed by atoms with Crippen LogP contribution in [0, 0.1) is 6.92 Å². The predicted octanol–water partition coefficient (Wildman–Crippen LogP) is -0.130. The fourth-order valence-electron chi connectivity index (χ4n) is 1.09. The Labute approximate surface area is 99.5 Å². The lowest BCUT2D eigenvalue weighted by atomic mass is 10.1. The normalized spacial score (nSPS) is 12.7. The van der Waals surface area contributed by atoms with Crippen LogP contribution in [0.5, 0.6) is 0 Å². The number of carboxylic acids is 1. The summed E-state index contributed by atoms with van der Waals surface area (Å²) in [5, 5.41) is 8.67. The second-order valence-electron chi connectivity index (χ2n) is 4.27. The van der Waals surface area contributed by atoms with Gasteiger partial charge in [0.15, 0.2) is 5.03 Å². The van der Waals surface area contributed by atoms with Crippen molar-refractivity contribution in [3.05, 3.63) is 12.0 Å². The highest BCUT2D eigenvalue weighted by Gasteiger charge is 2.34. The minimum Gasteiger partial charge on any atom is -0.480 e. The molecule has 0 aliphatic carbocycles. The second-order valence-corrected chi connectivity index (χ2v) is 5.90. The number of carbonyl (C=O) groups is 1. The lowest BCUT2D eigenvalue weighted by molar-refractivity contribution is -0.142. The molecule has 8 heteroatoms. The molecular formula is C9H15N3O4S. The molecule has 0 bridgehead atoms. The molecule has 1 rings (SSSR count). The Balaban J connectivity index is 3.09. The molecule has 0 unspecified atom stereocenters. The summed E-state index contributed by atoms with van der Waals surface area (Å²) in [5.41, 5.74) is -1.58. The molecule has 0 aliphatic rings. The van der Waals surface area contributed by atoms with E-state index in [4.69, 9.17) is 5.11 Å². The van der Waals surface area contributed by atoms with E-state index in [0.717, 1.165) is 0 Å². The highest BCUT2D eigenvalue weighted by Crippen LogP contribution is 2.12. The molecule has 1 aromatic rings. The van der Waals surface area contributed by atoms with Gasteiger partial charge in [-0.2, -0.15) is 4.72 Å². The van der Waals surface area contributed by atoms with Gasteiger partial charge in [-0.3, -0.25) is 4.79 Å². The maximum atomic E-state index is 11.9. The molecule has 0 atom stereocenters. The average Bonchev–Trinajstić information content (AvgIpc) is 2.45. The summed E-state index contributed by atoms with van der Waals surface area (Å²) in [5.74, 6) is -0.729. The van der Waals surface area contributed by atoms with E-state index < -0.39 is 21.5 Å². The van der Waals surface area contributed by atoms with Gasteiger partial charge >= 0.3 is 5.97 Å². The molecule has 0 fully saturated rings. The largest absolute Gasteiger partial charge is 0.480 e. The minimum absolute atomic E-state index is 0.188. The summed E-state index contributed by atoms with van der Waals surface area (Å²) in [4.78, 5) is 14.7. The molecule has 0 saturated carbocycles. The van der Waals surface area contributed by atoms with Crippen molar-refractivity contribution in [1.29, 1.82) is 0 Å². The van der Waals surface area contributed by atoms with Crippen LogP contribution < -0.4 is 4.72 Å². The third kappa shape index (κ3) is 2.83. The molecule has 0 aromatic carbocycles. The minimum atomic E-state index is -3.93. The van der Waals surface area contributed by atoms with Crippen LogP contribution in [0.25, 0.3) is 0 Å². The second kappa shape index (κ2) is 4.11. The van der Waals surface area contributed by atoms with E-state index in [0.29, 0.717) is 5.82 Å². The van der Waals surface area contributed by atoms with Crippen molar-refractivity contribution in [3.8, 4) is 0 Å². The zero-order valence-electron chi connectivity index (χ0n) is 10.1. The summed E-state index contributed by atoms with van der Waals surface area (Å²) in [6.07, 6.45) is 1.33. The van der Waals surface area contributed by atoms with Gasteiger partial charge in [0.1, 0.15) is 11.4 Å². The zero-order valence-corrected chi connectivity index (χ0v) is 10.9. The number of hydrogen-bond acceptors (Lipinski definition) is 4. The van der Waals surface area contributed by atoms with E-state index in [9.17, 15) is 13.2 Å². The first-order valence-corrected chi connectivity index (χ1v) is 6.32. The van der Waals surface area contributed by atoms with Gasteiger partial charge in [0.05, 0.1) is 0 Å². The summed E-state index contributed by atoms with van der Waals surface area (Å²) < 4.78 is 27.4. The van der Waals surface area contributed by atoms with Gasteiger partial charge in [-0.05, 0) is 20.8 Å². The van der Waals surface area contributed by atoms with Crippen molar-refractivity contribution < 1.29 is 18.3 Å². The summed E-state index contributed by atoms with van der Waals surface area (Å²) >= 11 is 0. The van der Waals surface area contributed by atoms with Gasteiger partial charge in [-0.1, -0.05) is 0 Å². The first-order valence-electron chi connectivity index (χ1n) is 4.83. The quantitative estimate of drug-likeness (QED) is 0.786. The van der Waals surface area contributed by atoms with Crippen molar-refractivity contribution in [3.63, 3.8) is 0 Å². The Morgan fingerprint density at radius 2 is 2.06 bits per heavy atom. The van der Waals surface area contributed by atoms with E-state index in [1.165, 1.54) is 20.0 Å². The molecule has 0 saturated heterocycles. The van der Waals surface area contributed by atoms with Crippen LogP contribution in [0.2, 0.25) is 0 Å². The monoisotopic (exact) mass is 261 g/mol. The number of aryl methyl sites for hydroxylation is 2. The van der Waals surface area contributed by atoms with Gasteiger partial charge in [-0.25, -0.2) is 13.4 Å². The number of aliphatic carboxylic acids is 1. The van der Waals surface area contributed by atoms with E-state index in [1.54, 1.807) is 18.5 Å². The molecule has 2 N–H and O–H groups in total. The molecule has 0 radical (unpaired) electrons. The van der Waals surface area contributed by atoms with Crippen LogP contribution in [0.1, 0.15) is 19.7 Å². The summed E-state index contributed by atoms with van der Waals surface area (Å²) in [7, 11) is -2.27. The van der Waals surface area contributed by atoms with Gasteiger partial charge in [0.2, 0.25) is 0 Å². The van der Waals surface area contributed by atoms with Gasteiger partial charge < -0.3 is 9.67 Å². The third-order valence-electron chi connectivity index (χ3n) is 2.29. The van der Waals surface area contributed by atoms with Crippen molar-refractivity contribution in [1.82, 2.24) is 14.3 Å². The Kier molecular flexibility index (Phi) is 3.30. The maximum absolute atomic E-state index is 11.9. The number of hydrogen-bond donors (Lipinski definition) is 2. The van der Waals surface area contributed by atoms with Gasteiger partial charge in [0.25, 0.3) is 10.0 Å². The lowest BCUT2D eigenvalue weighted by Crippen LogP contribution is -2.49. The molecule has 0 aliphatic heterocycles. The number of aromatic nitrogens is 2. The molecule has 17 heavy (non-hydrogen) atoms. The van der Waals surface area contributed by atoms with Gasteiger partial charge in [0, 0.05) is 13.2 Å². The predicted molar refractivity (Wildman–Crippen MR) is 60.0 cm³/mol. The zero-order chi connectivity index (χ0) is 13.4. The molecular weight excluding hydrogens is 246 g/mol. The Morgan fingerprint density at radius 1 is 1.53 bits per heavy atom. The Morgan fingerprint density at radius 3 is 2.41 bits per heavy atom. The fourth-order valence-corrected chi connectivity index (χ4v) is 2.50. The van der Waals surface area contributed by atoms with Crippen molar-refractivity contribution in [2.75, 3.05) is 0 Å². The fraction of sp³-hybridized carbons (Fsp3) is 0.556. The summed E-state index contributed by atoms with van der Waals surface area (Å²) in [6.45, 7) is 4.19. The number of sulfonamides is 1. The standard InChI is InChI=1S/C9H15N3O4S/c1-6-10-7(5-12(6)4)17(15,16)11-9(2,3)8(13)14/h5,11H,1-4H3,(H,13,14). The Hall–Kier alpha value is -1.41. The summed E-state index contributed by atoms with van der Waals surface area (Å²) in [6, 6.07) is 0. The highest BCUT2D eigenvalue weighted by molar-refractivity contribution is 7.89. The number of nitrogens with one attached hydrogen (secondary N) is 1. The molecule has 0 amide bonds. The van der Waals surface area contributed by atoms with E-state index in [2.05, 4.69) is 9.71 Å². The average molecular weight is 261 g/mol. The molecule has 0 spiro atoms. The SMILES string of the molecule is Cc1nc(S(=O)(=O)NC(C)(C)C(=O)O)cn1C. The number of carboxylic acid groups (broad SMARTS) is 1. The first-order chi connectivity index (χ1) is 7.56. The van der Waals surface area contributed by atoms with E-state index in [1.807, 2.05) is 0 Å². The topological polar surface area (TPSA) is 101 Å². The third-order valence-corrected chi connectivity index (χ3v) is 3.81. The molecule has 7 nitrogen and oxygen atoms in total. The highest BCUT2D eigenvalue weighted by atomic mass is 32.2. The van der Waals surface area contributed by atoms with Crippen molar-refractivity contribution in [2.24, 2.45) is 7.05 Å². The van der Waals surface area contributed by atoms with E-state index in [-0.39, 0.29) is 5.03 Å². The Bertz CT molecular complexity index is 525. The van der Waals surface area contributed by atoms with Crippen LogP contribution in [-0.2, 0) is 21.9 Å². The van der Waals surface area contributed by atoms with Crippen LogP contribution in [0.3, 0.4) is 0 Å².